The highest BCUT2D eigenvalue weighted by molar-refractivity contribution is 5.92. The van der Waals surface area contributed by atoms with Gasteiger partial charge in [-0.2, -0.15) is 5.26 Å². The third-order valence-corrected chi connectivity index (χ3v) is 3.66. The van der Waals surface area contributed by atoms with Crippen LogP contribution in [0.3, 0.4) is 0 Å². The van der Waals surface area contributed by atoms with Crippen LogP contribution in [0, 0.1) is 17.1 Å². The minimum Gasteiger partial charge on any atom is -0.467 e. The van der Waals surface area contributed by atoms with Crippen molar-refractivity contribution in [1.82, 2.24) is 4.90 Å². The van der Waals surface area contributed by atoms with Gasteiger partial charge in [0.15, 0.2) is 5.76 Å². The molecule has 2 aromatic heterocycles. The lowest BCUT2D eigenvalue weighted by Crippen LogP contribution is -2.31. The van der Waals surface area contributed by atoms with Crippen molar-refractivity contribution in [1.29, 1.82) is 5.26 Å². The summed E-state index contributed by atoms with van der Waals surface area (Å²) in [7, 11) is 0. The molecular weight excluding hydrogens is 323 g/mol. The fourth-order valence-corrected chi connectivity index (χ4v) is 2.44. The number of carbonyl (C=O) groups is 1. The minimum absolute atomic E-state index is 0.0859. The van der Waals surface area contributed by atoms with Crippen molar-refractivity contribution in [2.45, 2.75) is 13.0 Å². The molecule has 1 aromatic carbocycles. The molecule has 6 heteroatoms. The molecule has 0 aliphatic carbocycles. The van der Waals surface area contributed by atoms with Crippen LogP contribution in [0.4, 0.5) is 4.39 Å². The molecule has 3 rings (SSSR count). The molecule has 0 unspecified atom stereocenters. The van der Waals surface area contributed by atoms with E-state index in [1.54, 1.807) is 36.4 Å². The molecule has 0 aliphatic rings. The first kappa shape index (κ1) is 16.5. The van der Waals surface area contributed by atoms with Gasteiger partial charge < -0.3 is 13.7 Å². The van der Waals surface area contributed by atoms with Crippen LogP contribution < -0.4 is 0 Å². The van der Waals surface area contributed by atoms with Gasteiger partial charge in [0.05, 0.1) is 30.9 Å². The molecule has 0 saturated heterocycles. The van der Waals surface area contributed by atoms with Crippen molar-refractivity contribution in [3.8, 4) is 17.4 Å². The molecule has 0 atom stereocenters. The normalized spacial score (nSPS) is 10.4. The van der Waals surface area contributed by atoms with Crippen LogP contribution in [0.1, 0.15) is 22.7 Å². The maximum atomic E-state index is 13.9. The summed E-state index contributed by atoms with van der Waals surface area (Å²) < 4.78 is 24.7. The fourth-order valence-electron chi connectivity index (χ4n) is 2.44. The molecule has 1 amide bonds. The Kier molecular flexibility index (Phi) is 4.95. The van der Waals surface area contributed by atoms with Crippen LogP contribution in [-0.2, 0) is 6.54 Å². The standard InChI is InChI=1S/C19H15FN2O3/c20-16-7-2-1-6-15(16)17-8-9-18(25-17)19(23)22(11-4-10-21)13-14-5-3-12-24-14/h1-3,5-9,12H,4,11,13H2. The summed E-state index contributed by atoms with van der Waals surface area (Å²) in [6.07, 6.45) is 1.71. The van der Waals surface area contributed by atoms with E-state index in [9.17, 15) is 9.18 Å². The van der Waals surface area contributed by atoms with Gasteiger partial charge in [0.1, 0.15) is 17.3 Å². The first-order chi connectivity index (χ1) is 12.2. The Hall–Kier alpha value is -3.33. The molecule has 0 aliphatic heterocycles. The molecule has 126 valence electrons. The van der Waals surface area contributed by atoms with Gasteiger partial charge in [0.2, 0.25) is 0 Å². The number of halogens is 1. The quantitative estimate of drug-likeness (QED) is 0.674. The maximum Gasteiger partial charge on any atom is 0.290 e. The number of nitrogens with zero attached hydrogens (tertiary/aromatic N) is 2. The topological polar surface area (TPSA) is 70.4 Å². The number of carbonyl (C=O) groups excluding carboxylic acids is 1. The average molecular weight is 338 g/mol. The van der Waals surface area contributed by atoms with E-state index in [0.717, 1.165) is 0 Å². The maximum absolute atomic E-state index is 13.9. The first-order valence-corrected chi connectivity index (χ1v) is 7.72. The molecule has 2 heterocycles. The fraction of sp³-hybridized carbons (Fsp3) is 0.158. The molecule has 3 aromatic rings. The highest BCUT2D eigenvalue weighted by Gasteiger charge is 2.21. The average Bonchev–Trinajstić information content (AvgIpc) is 3.30. The molecule has 0 saturated carbocycles. The second kappa shape index (κ2) is 7.49. The summed E-state index contributed by atoms with van der Waals surface area (Å²) in [4.78, 5) is 14.2. The monoisotopic (exact) mass is 338 g/mol. The lowest BCUT2D eigenvalue weighted by Gasteiger charge is -2.19. The summed E-state index contributed by atoms with van der Waals surface area (Å²) in [5.74, 6) is 0.164. The van der Waals surface area contributed by atoms with Crippen molar-refractivity contribution in [3.05, 3.63) is 72.1 Å². The van der Waals surface area contributed by atoms with Crippen molar-refractivity contribution >= 4 is 5.91 Å². The first-order valence-electron chi connectivity index (χ1n) is 7.72. The Morgan fingerprint density at radius 1 is 1.16 bits per heavy atom. The Morgan fingerprint density at radius 3 is 2.72 bits per heavy atom. The van der Waals surface area contributed by atoms with Crippen molar-refractivity contribution < 1.29 is 18.0 Å². The molecule has 0 fully saturated rings. The van der Waals surface area contributed by atoms with Gasteiger partial charge >= 0.3 is 0 Å². The highest BCUT2D eigenvalue weighted by atomic mass is 19.1. The number of hydrogen-bond donors (Lipinski definition) is 0. The van der Waals surface area contributed by atoms with Crippen molar-refractivity contribution in [2.24, 2.45) is 0 Å². The number of benzene rings is 1. The second-order valence-electron chi connectivity index (χ2n) is 5.36. The lowest BCUT2D eigenvalue weighted by molar-refractivity contribution is 0.0704. The zero-order chi connectivity index (χ0) is 17.6. The number of furan rings is 2. The Bertz CT molecular complexity index is 894. The Labute approximate surface area is 143 Å². The van der Waals surface area contributed by atoms with Gasteiger partial charge in [-0.3, -0.25) is 4.79 Å². The van der Waals surface area contributed by atoms with Gasteiger partial charge in [-0.25, -0.2) is 4.39 Å². The van der Waals surface area contributed by atoms with Gasteiger partial charge in [-0.15, -0.1) is 0 Å². The highest BCUT2D eigenvalue weighted by Crippen LogP contribution is 2.25. The molecule has 25 heavy (non-hydrogen) atoms. The molecule has 0 spiro atoms. The van der Waals surface area contributed by atoms with Gasteiger partial charge in [-0.1, -0.05) is 12.1 Å². The number of hydrogen-bond acceptors (Lipinski definition) is 4. The SMILES string of the molecule is N#CCCN(Cc1ccco1)C(=O)c1ccc(-c2ccccc2F)o1. The summed E-state index contributed by atoms with van der Waals surface area (Å²) in [6.45, 7) is 0.467. The number of rotatable bonds is 6. The van der Waals surface area contributed by atoms with E-state index in [1.807, 2.05) is 6.07 Å². The Morgan fingerprint density at radius 2 is 2.00 bits per heavy atom. The van der Waals surface area contributed by atoms with Crippen LogP contribution in [0.2, 0.25) is 0 Å². The van der Waals surface area contributed by atoms with Crippen LogP contribution in [0.15, 0.2) is 63.6 Å². The summed E-state index contributed by atoms with van der Waals surface area (Å²) in [5, 5.41) is 8.80. The Balaban J connectivity index is 1.82. The molecule has 0 N–H and O–H groups in total. The summed E-state index contributed by atoms with van der Waals surface area (Å²) in [5.41, 5.74) is 0.288. The van der Waals surface area contributed by atoms with Gasteiger partial charge in [0, 0.05) is 6.54 Å². The van der Waals surface area contributed by atoms with Crippen LogP contribution in [0.25, 0.3) is 11.3 Å². The van der Waals surface area contributed by atoms with E-state index < -0.39 is 5.82 Å². The lowest BCUT2D eigenvalue weighted by atomic mass is 10.1. The molecule has 0 radical (unpaired) electrons. The number of amides is 1. The smallest absolute Gasteiger partial charge is 0.290 e. The van der Waals surface area contributed by atoms with Crippen LogP contribution in [-0.4, -0.2) is 17.4 Å². The van der Waals surface area contributed by atoms with E-state index in [0.29, 0.717) is 5.76 Å². The zero-order valence-corrected chi connectivity index (χ0v) is 13.3. The van der Waals surface area contributed by atoms with Gasteiger partial charge in [-0.05, 0) is 36.4 Å². The number of nitriles is 1. The van der Waals surface area contributed by atoms with Crippen molar-refractivity contribution in [2.75, 3.05) is 6.54 Å². The predicted octanol–water partition coefficient (Wildman–Crippen LogP) is 4.23. The third-order valence-electron chi connectivity index (χ3n) is 3.66. The largest absolute Gasteiger partial charge is 0.467 e. The zero-order valence-electron chi connectivity index (χ0n) is 13.3. The van der Waals surface area contributed by atoms with Crippen molar-refractivity contribution in [3.63, 3.8) is 0 Å². The van der Waals surface area contributed by atoms with E-state index in [-0.39, 0.29) is 42.5 Å². The minimum atomic E-state index is -0.423. The summed E-state index contributed by atoms with van der Waals surface area (Å²) in [6, 6.07) is 14.7. The predicted molar refractivity (Wildman–Crippen MR) is 87.8 cm³/mol. The van der Waals surface area contributed by atoms with Crippen LogP contribution in [0.5, 0.6) is 0 Å². The second-order valence-corrected chi connectivity index (χ2v) is 5.36. The third kappa shape index (κ3) is 3.78. The molecule has 5 nitrogen and oxygen atoms in total. The van der Waals surface area contributed by atoms with Crippen LogP contribution >= 0.6 is 0 Å². The van der Waals surface area contributed by atoms with E-state index in [1.165, 1.54) is 23.3 Å². The summed E-state index contributed by atoms with van der Waals surface area (Å²) >= 11 is 0. The van der Waals surface area contributed by atoms with E-state index in [4.69, 9.17) is 14.1 Å². The molecule has 0 bridgehead atoms. The van der Waals surface area contributed by atoms with E-state index in [2.05, 4.69) is 0 Å². The van der Waals surface area contributed by atoms with Gasteiger partial charge in [0.25, 0.3) is 5.91 Å². The van der Waals surface area contributed by atoms with E-state index >= 15 is 0 Å². The molecular formula is C19H15FN2O3.